The molecule has 0 aromatic carbocycles. The van der Waals surface area contributed by atoms with Crippen molar-refractivity contribution in [3.05, 3.63) is 0 Å². The van der Waals surface area contributed by atoms with E-state index in [2.05, 4.69) is 15.9 Å². The third-order valence-electron chi connectivity index (χ3n) is 1.91. The van der Waals surface area contributed by atoms with E-state index in [1.165, 1.54) is 0 Å². The molecule has 1 aliphatic heterocycles. The van der Waals surface area contributed by atoms with Gasteiger partial charge in [0.05, 0.1) is 0 Å². The molecule has 5 heteroatoms. The Morgan fingerprint density at radius 2 is 2.42 bits per heavy atom. The number of carboxylic acid groups (broad SMARTS) is 1. The second-order valence-corrected chi connectivity index (χ2v) is 5.24. The van der Waals surface area contributed by atoms with Gasteiger partial charge in [-0.15, -0.1) is 0 Å². The normalized spacial score (nSPS) is 35.3. The number of hydrogen-bond acceptors (Lipinski definition) is 3. The van der Waals surface area contributed by atoms with Crippen molar-refractivity contribution < 1.29 is 9.90 Å². The van der Waals surface area contributed by atoms with Gasteiger partial charge in [-0.3, -0.25) is 4.79 Å². The van der Waals surface area contributed by atoms with Gasteiger partial charge in [-0.2, -0.15) is 11.8 Å². The molecule has 0 aliphatic carbocycles. The van der Waals surface area contributed by atoms with Crippen LogP contribution >= 0.6 is 27.7 Å². The van der Waals surface area contributed by atoms with E-state index in [1.807, 2.05) is 0 Å². The topological polar surface area (TPSA) is 63.3 Å². The Hall–Kier alpha value is 0.260. The molecule has 1 heterocycles. The van der Waals surface area contributed by atoms with Gasteiger partial charge < -0.3 is 10.8 Å². The number of carbonyl (C=O) groups is 1. The summed E-state index contributed by atoms with van der Waals surface area (Å²) in [5.74, 6) is 0.205. The van der Waals surface area contributed by atoms with Crippen molar-refractivity contribution >= 4 is 33.7 Å². The lowest BCUT2D eigenvalue weighted by Gasteiger charge is -2.13. The van der Waals surface area contributed by atoms with Gasteiger partial charge in [0.2, 0.25) is 0 Å². The molecule has 1 aliphatic rings. The third kappa shape index (κ3) is 2.64. The highest BCUT2D eigenvalue weighted by molar-refractivity contribution is 9.09. The molecule has 1 fully saturated rings. The van der Waals surface area contributed by atoms with Crippen LogP contribution in [0.5, 0.6) is 0 Å². The molecule has 70 valence electrons. The molecule has 0 aromatic heterocycles. The summed E-state index contributed by atoms with van der Waals surface area (Å²) in [7, 11) is 0. The smallest absolute Gasteiger partial charge is 0.303 e. The van der Waals surface area contributed by atoms with E-state index in [1.54, 1.807) is 11.8 Å². The van der Waals surface area contributed by atoms with Crippen molar-refractivity contribution in [2.24, 2.45) is 5.73 Å². The van der Waals surface area contributed by atoms with Crippen LogP contribution in [0.15, 0.2) is 0 Å². The quantitative estimate of drug-likeness (QED) is 0.739. The van der Waals surface area contributed by atoms with E-state index >= 15 is 0 Å². The molecule has 0 radical (unpaired) electrons. The van der Waals surface area contributed by atoms with Crippen LogP contribution in [-0.4, -0.2) is 32.9 Å². The molecular weight excluding hydrogens is 242 g/mol. The summed E-state index contributed by atoms with van der Waals surface area (Å²) < 4.78 is 0. The molecular formula is C7H12BrNO2S. The van der Waals surface area contributed by atoms with E-state index in [0.29, 0.717) is 11.7 Å². The largest absolute Gasteiger partial charge is 0.481 e. The van der Waals surface area contributed by atoms with Crippen molar-refractivity contribution in [2.75, 3.05) is 5.75 Å². The molecule has 0 unspecified atom stereocenters. The Kier molecular flexibility index (Phi) is 3.86. The third-order valence-corrected chi connectivity index (χ3v) is 5.11. The maximum absolute atomic E-state index is 10.3. The number of hydrogen-bond donors (Lipinski definition) is 2. The molecule has 0 saturated carbocycles. The number of carboxylic acids is 1. The molecule has 0 amide bonds. The minimum atomic E-state index is -0.726. The van der Waals surface area contributed by atoms with Gasteiger partial charge in [0.25, 0.3) is 0 Å². The number of nitrogens with two attached hydrogens (primary N) is 1. The Morgan fingerprint density at radius 3 is 2.83 bits per heavy atom. The highest BCUT2D eigenvalue weighted by Gasteiger charge is 2.32. The second kappa shape index (κ2) is 4.48. The highest BCUT2D eigenvalue weighted by Crippen LogP contribution is 2.34. The van der Waals surface area contributed by atoms with Crippen molar-refractivity contribution in [3.8, 4) is 0 Å². The van der Waals surface area contributed by atoms with Gasteiger partial charge in [-0.1, -0.05) is 15.9 Å². The van der Waals surface area contributed by atoms with Gasteiger partial charge in [0.1, 0.15) is 0 Å². The van der Waals surface area contributed by atoms with Crippen molar-refractivity contribution in [3.63, 3.8) is 0 Å². The molecule has 0 spiro atoms. The first-order valence-corrected chi connectivity index (χ1v) is 5.80. The fourth-order valence-corrected chi connectivity index (χ4v) is 3.71. The lowest BCUT2D eigenvalue weighted by atomic mass is 10.1. The van der Waals surface area contributed by atoms with Crippen LogP contribution in [0.3, 0.4) is 0 Å². The molecule has 3 nitrogen and oxygen atoms in total. The van der Waals surface area contributed by atoms with Crippen LogP contribution in [-0.2, 0) is 4.79 Å². The summed E-state index contributed by atoms with van der Waals surface area (Å²) in [5, 5.41) is 8.84. The Morgan fingerprint density at radius 1 is 1.75 bits per heavy atom. The SMILES string of the molecule is N[C@@H]1CS[C@H](CCC(=O)O)[C@H]1Br. The number of aliphatic carboxylic acids is 1. The van der Waals surface area contributed by atoms with Crippen molar-refractivity contribution in [2.45, 2.75) is 29.0 Å². The summed E-state index contributed by atoms with van der Waals surface area (Å²) in [6.45, 7) is 0. The van der Waals surface area contributed by atoms with Crippen LogP contribution in [0.2, 0.25) is 0 Å². The molecule has 12 heavy (non-hydrogen) atoms. The first kappa shape index (κ1) is 10.3. The number of rotatable bonds is 3. The van der Waals surface area contributed by atoms with Crippen LogP contribution < -0.4 is 5.73 Å². The summed E-state index contributed by atoms with van der Waals surface area (Å²) in [5.41, 5.74) is 5.76. The fraction of sp³-hybridized carbons (Fsp3) is 0.857. The number of alkyl halides is 1. The predicted octanol–water partition coefficient (Wildman–Crippen LogP) is 1.06. The second-order valence-electron chi connectivity index (χ2n) is 2.91. The van der Waals surface area contributed by atoms with Gasteiger partial charge in [0, 0.05) is 28.3 Å². The Labute approximate surface area is 84.2 Å². The summed E-state index contributed by atoms with van der Waals surface area (Å²) in [6, 6.07) is 0.175. The van der Waals surface area contributed by atoms with Crippen LogP contribution in [0.1, 0.15) is 12.8 Å². The average molecular weight is 254 g/mol. The molecule has 3 atom stereocenters. The van der Waals surface area contributed by atoms with Gasteiger partial charge in [0.15, 0.2) is 0 Å². The van der Waals surface area contributed by atoms with Crippen molar-refractivity contribution in [1.82, 2.24) is 0 Å². The van der Waals surface area contributed by atoms with E-state index in [9.17, 15) is 4.79 Å². The monoisotopic (exact) mass is 253 g/mol. The lowest BCUT2D eigenvalue weighted by Crippen LogP contribution is -2.31. The molecule has 0 bridgehead atoms. The van der Waals surface area contributed by atoms with Crippen LogP contribution in [0, 0.1) is 0 Å². The Balaban J connectivity index is 2.29. The zero-order chi connectivity index (χ0) is 9.14. The molecule has 1 saturated heterocycles. The first-order chi connectivity index (χ1) is 5.61. The van der Waals surface area contributed by atoms with Gasteiger partial charge >= 0.3 is 5.97 Å². The minimum absolute atomic E-state index is 0.175. The summed E-state index contributed by atoms with van der Waals surface area (Å²) >= 11 is 5.25. The number of thioether (sulfide) groups is 1. The standard InChI is InChI=1S/C7H12BrNO2S/c8-7-4(9)3-12-5(7)1-2-6(10)11/h4-5,7H,1-3,9H2,(H,10,11)/t4-,5-,7+/m1/s1. The lowest BCUT2D eigenvalue weighted by molar-refractivity contribution is -0.137. The van der Waals surface area contributed by atoms with Crippen LogP contribution in [0.4, 0.5) is 0 Å². The van der Waals surface area contributed by atoms with E-state index in [4.69, 9.17) is 10.8 Å². The zero-order valence-electron chi connectivity index (χ0n) is 6.57. The minimum Gasteiger partial charge on any atom is -0.481 e. The fourth-order valence-electron chi connectivity index (χ4n) is 1.20. The first-order valence-electron chi connectivity index (χ1n) is 3.84. The van der Waals surface area contributed by atoms with Crippen LogP contribution in [0.25, 0.3) is 0 Å². The van der Waals surface area contributed by atoms with E-state index in [0.717, 1.165) is 5.75 Å². The molecule has 3 N–H and O–H groups in total. The Bertz CT molecular complexity index is 179. The number of halogens is 1. The van der Waals surface area contributed by atoms with Gasteiger partial charge in [-0.05, 0) is 6.42 Å². The molecule has 1 rings (SSSR count). The zero-order valence-corrected chi connectivity index (χ0v) is 8.97. The maximum Gasteiger partial charge on any atom is 0.303 e. The molecule has 0 aromatic rings. The predicted molar refractivity (Wildman–Crippen MR) is 53.8 cm³/mol. The maximum atomic E-state index is 10.3. The van der Waals surface area contributed by atoms with Crippen molar-refractivity contribution in [1.29, 1.82) is 0 Å². The van der Waals surface area contributed by atoms with Gasteiger partial charge in [-0.25, -0.2) is 0 Å². The average Bonchev–Trinajstić information content (AvgIpc) is 2.30. The summed E-state index contributed by atoms with van der Waals surface area (Å²) in [6.07, 6.45) is 0.954. The summed E-state index contributed by atoms with van der Waals surface area (Å²) in [4.78, 5) is 10.6. The highest BCUT2D eigenvalue weighted by atomic mass is 79.9. The van der Waals surface area contributed by atoms with E-state index < -0.39 is 5.97 Å². The van der Waals surface area contributed by atoms with E-state index in [-0.39, 0.29) is 17.3 Å².